The van der Waals surface area contributed by atoms with Crippen molar-refractivity contribution in [3.05, 3.63) is 0 Å². The van der Waals surface area contributed by atoms with Gasteiger partial charge in [0.2, 0.25) is 0 Å². The molecule has 0 amide bonds. The van der Waals surface area contributed by atoms with Gasteiger partial charge in [-0.2, -0.15) is 0 Å². The van der Waals surface area contributed by atoms with E-state index in [1.54, 1.807) is 0 Å². The molecule has 0 spiro atoms. The largest absolute Gasteiger partial charge is 0.393 e. The number of nitrogens with two attached hydrogens (primary N) is 1. The summed E-state index contributed by atoms with van der Waals surface area (Å²) in [7, 11) is 2.11. The first-order valence-corrected chi connectivity index (χ1v) is 5.25. The second-order valence-corrected chi connectivity index (χ2v) is 4.28. The topological polar surface area (TPSA) is 49.5 Å². The zero-order valence-electron chi connectivity index (χ0n) is 8.74. The monoisotopic (exact) mass is 186 g/mol. The molecule has 0 aromatic carbocycles. The van der Waals surface area contributed by atoms with Crippen LogP contribution in [-0.4, -0.2) is 41.8 Å². The summed E-state index contributed by atoms with van der Waals surface area (Å²) < 4.78 is 0. The van der Waals surface area contributed by atoms with E-state index >= 15 is 0 Å². The summed E-state index contributed by atoms with van der Waals surface area (Å²) in [5, 5.41) is 9.15. The maximum Gasteiger partial charge on any atom is 0.0524 e. The number of hydrogen-bond acceptors (Lipinski definition) is 3. The smallest absolute Gasteiger partial charge is 0.0524 e. The lowest BCUT2D eigenvalue weighted by atomic mass is 10.1. The van der Waals surface area contributed by atoms with Gasteiger partial charge in [-0.1, -0.05) is 6.42 Å². The number of aliphatic hydroxyl groups is 1. The van der Waals surface area contributed by atoms with Crippen molar-refractivity contribution < 1.29 is 5.11 Å². The van der Waals surface area contributed by atoms with Crippen LogP contribution < -0.4 is 5.73 Å². The normalized spacial score (nSPS) is 31.2. The lowest BCUT2D eigenvalue weighted by Crippen LogP contribution is -2.43. The molecule has 1 fully saturated rings. The Morgan fingerprint density at radius 3 is 2.69 bits per heavy atom. The van der Waals surface area contributed by atoms with Crippen LogP contribution in [0, 0.1) is 0 Å². The Morgan fingerprint density at radius 2 is 2.23 bits per heavy atom. The van der Waals surface area contributed by atoms with Crippen molar-refractivity contribution >= 4 is 0 Å². The maximum atomic E-state index is 9.15. The third kappa shape index (κ3) is 3.25. The average Bonchev–Trinajstić information content (AvgIpc) is 2.47. The Hall–Kier alpha value is -0.120. The van der Waals surface area contributed by atoms with Gasteiger partial charge in [0.05, 0.1) is 6.10 Å². The van der Waals surface area contributed by atoms with Crippen LogP contribution in [0.3, 0.4) is 0 Å². The minimum Gasteiger partial charge on any atom is -0.393 e. The van der Waals surface area contributed by atoms with Crippen LogP contribution in [0.2, 0.25) is 0 Å². The number of likely N-dealkylation sites (N-methyl/N-ethyl adjacent to an activating group) is 1. The van der Waals surface area contributed by atoms with Crippen molar-refractivity contribution in [3.63, 3.8) is 0 Å². The third-order valence-corrected chi connectivity index (χ3v) is 3.00. The fourth-order valence-corrected chi connectivity index (χ4v) is 2.07. The summed E-state index contributed by atoms with van der Waals surface area (Å²) in [6.45, 7) is 2.79. The molecule has 3 atom stereocenters. The van der Waals surface area contributed by atoms with E-state index in [1.165, 1.54) is 12.8 Å². The molecule has 3 heteroatoms. The van der Waals surface area contributed by atoms with E-state index in [4.69, 9.17) is 10.8 Å². The average molecular weight is 186 g/mol. The molecule has 3 unspecified atom stereocenters. The Morgan fingerprint density at radius 1 is 1.54 bits per heavy atom. The summed E-state index contributed by atoms with van der Waals surface area (Å²) in [5.41, 5.74) is 5.98. The Balaban J connectivity index is 2.25. The van der Waals surface area contributed by atoms with Crippen LogP contribution in [0.4, 0.5) is 0 Å². The molecular formula is C10H22N2O. The van der Waals surface area contributed by atoms with Crippen LogP contribution in [0.5, 0.6) is 0 Å². The minimum atomic E-state index is -0.194. The lowest BCUT2D eigenvalue weighted by Gasteiger charge is -2.27. The van der Waals surface area contributed by atoms with Gasteiger partial charge in [0, 0.05) is 18.6 Å². The highest BCUT2D eigenvalue weighted by molar-refractivity contribution is 4.86. The van der Waals surface area contributed by atoms with Crippen LogP contribution in [0.25, 0.3) is 0 Å². The molecule has 1 aliphatic rings. The molecule has 0 radical (unpaired) electrons. The minimum absolute atomic E-state index is 0.194. The number of aliphatic hydroxyl groups excluding tert-OH is 1. The summed E-state index contributed by atoms with van der Waals surface area (Å²) in [5.74, 6) is 0. The zero-order valence-corrected chi connectivity index (χ0v) is 8.74. The molecule has 0 aliphatic heterocycles. The molecule has 0 saturated heterocycles. The van der Waals surface area contributed by atoms with Gasteiger partial charge >= 0.3 is 0 Å². The van der Waals surface area contributed by atoms with Gasteiger partial charge in [-0.15, -0.1) is 0 Å². The van der Waals surface area contributed by atoms with Crippen LogP contribution in [0.1, 0.15) is 32.6 Å². The van der Waals surface area contributed by atoms with Crippen molar-refractivity contribution in [2.24, 2.45) is 5.73 Å². The predicted molar refractivity (Wildman–Crippen MR) is 54.5 cm³/mol. The number of rotatable bonds is 4. The molecule has 3 N–H and O–H groups in total. The molecule has 0 heterocycles. The highest BCUT2D eigenvalue weighted by atomic mass is 16.3. The van der Waals surface area contributed by atoms with Crippen molar-refractivity contribution in [2.45, 2.75) is 50.8 Å². The van der Waals surface area contributed by atoms with Gasteiger partial charge in [-0.3, -0.25) is 0 Å². The lowest BCUT2D eigenvalue weighted by molar-refractivity contribution is 0.146. The van der Waals surface area contributed by atoms with Gasteiger partial charge in [0.1, 0.15) is 0 Å². The molecule has 0 aromatic heterocycles. The second kappa shape index (κ2) is 4.94. The van der Waals surface area contributed by atoms with Crippen LogP contribution >= 0.6 is 0 Å². The SMILES string of the molecule is CC(O)CCN(C)C1CCCC1N. The van der Waals surface area contributed by atoms with Crippen molar-refractivity contribution in [1.82, 2.24) is 4.90 Å². The number of nitrogens with zero attached hydrogens (tertiary/aromatic N) is 1. The quantitative estimate of drug-likeness (QED) is 0.675. The third-order valence-electron chi connectivity index (χ3n) is 3.00. The fraction of sp³-hybridized carbons (Fsp3) is 1.00. The molecule has 1 aliphatic carbocycles. The second-order valence-electron chi connectivity index (χ2n) is 4.28. The first kappa shape index (κ1) is 11.0. The van der Waals surface area contributed by atoms with Crippen molar-refractivity contribution in [2.75, 3.05) is 13.6 Å². The van der Waals surface area contributed by atoms with Crippen LogP contribution in [-0.2, 0) is 0 Å². The molecule has 78 valence electrons. The van der Waals surface area contributed by atoms with E-state index in [0.717, 1.165) is 19.4 Å². The molecular weight excluding hydrogens is 164 g/mol. The number of hydrogen-bond donors (Lipinski definition) is 2. The van der Waals surface area contributed by atoms with Gasteiger partial charge in [0.25, 0.3) is 0 Å². The Labute approximate surface area is 80.9 Å². The van der Waals surface area contributed by atoms with E-state index in [-0.39, 0.29) is 6.10 Å². The predicted octanol–water partition coefficient (Wildman–Crippen LogP) is 0.569. The van der Waals surface area contributed by atoms with E-state index in [2.05, 4.69) is 11.9 Å². The maximum absolute atomic E-state index is 9.15. The van der Waals surface area contributed by atoms with Gasteiger partial charge < -0.3 is 15.7 Å². The molecule has 1 saturated carbocycles. The zero-order chi connectivity index (χ0) is 9.84. The van der Waals surface area contributed by atoms with Crippen molar-refractivity contribution in [3.8, 4) is 0 Å². The fourth-order valence-electron chi connectivity index (χ4n) is 2.07. The van der Waals surface area contributed by atoms with E-state index < -0.39 is 0 Å². The van der Waals surface area contributed by atoms with Gasteiger partial charge in [0.15, 0.2) is 0 Å². The molecule has 0 bridgehead atoms. The molecule has 3 nitrogen and oxygen atoms in total. The Kier molecular flexibility index (Phi) is 4.16. The molecule has 13 heavy (non-hydrogen) atoms. The summed E-state index contributed by atoms with van der Waals surface area (Å²) in [6.07, 6.45) is 4.28. The standard InChI is InChI=1S/C10H22N2O/c1-8(13)6-7-12(2)10-5-3-4-9(10)11/h8-10,13H,3-7,11H2,1-2H3. The van der Waals surface area contributed by atoms with E-state index in [1.807, 2.05) is 6.92 Å². The Bertz CT molecular complexity index is 150. The van der Waals surface area contributed by atoms with E-state index in [9.17, 15) is 0 Å². The van der Waals surface area contributed by atoms with Crippen molar-refractivity contribution in [1.29, 1.82) is 0 Å². The summed E-state index contributed by atoms with van der Waals surface area (Å²) in [6, 6.07) is 0.887. The first-order chi connectivity index (χ1) is 6.11. The highest BCUT2D eigenvalue weighted by Crippen LogP contribution is 2.21. The summed E-state index contributed by atoms with van der Waals surface area (Å²) in [4.78, 5) is 2.30. The van der Waals surface area contributed by atoms with Gasteiger partial charge in [-0.05, 0) is 33.2 Å². The first-order valence-electron chi connectivity index (χ1n) is 5.25. The summed E-state index contributed by atoms with van der Waals surface area (Å²) >= 11 is 0. The van der Waals surface area contributed by atoms with Gasteiger partial charge in [-0.25, -0.2) is 0 Å². The highest BCUT2D eigenvalue weighted by Gasteiger charge is 2.26. The molecule has 1 rings (SSSR count). The van der Waals surface area contributed by atoms with Crippen LogP contribution in [0.15, 0.2) is 0 Å². The molecule has 0 aromatic rings. The van der Waals surface area contributed by atoms with E-state index in [0.29, 0.717) is 12.1 Å².